The van der Waals surface area contributed by atoms with Gasteiger partial charge in [-0.25, -0.2) is 4.98 Å². The number of hydrogen-bond donors (Lipinski definition) is 1. The predicted molar refractivity (Wildman–Crippen MR) is 66.9 cm³/mol. The second kappa shape index (κ2) is 4.17. The molecule has 2 aromatic rings. The van der Waals surface area contributed by atoms with Gasteiger partial charge in [-0.1, -0.05) is 30.7 Å². The van der Waals surface area contributed by atoms with Crippen LogP contribution in [0.15, 0.2) is 41.5 Å². The Morgan fingerprint density at radius 2 is 1.94 bits per heavy atom. The van der Waals surface area contributed by atoms with Crippen LogP contribution in [0.5, 0.6) is 0 Å². The average Bonchev–Trinajstić information content (AvgIpc) is 2.28. The lowest BCUT2D eigenvalue weighted by Crippen LogP contribution is -2.08. The van der Waals surface area contributed by atoms with Crippen molar-refractivity contribution in [3.05, 3.63) is 52.6 Å². The molecule has 17 heavy (non-hydrogen) atoms. The van der Waals surface area contributed by atoms with Crippen molar-refractivity contribution >= 4 is 0 Å². The molecule has 0 radical (unpaired) electrons. The van der Waals surface area contributed by atoms with Crippen molar-refractivity contribution in [3.63, 3.8) is 0 Å². The van der Waals surface area contributed by atoms with Crippen LogP contribution in [-0.4, -0.2) is 9.97 Å². The Labute approximate surface area is 99.5 Å². The van der Waals surface area contributed by atoms with E-state index in [1.165, 1.54) is 37.2 Å². The van der Waals surface area contributed by atoms with Crippen molar-refractivity contribution in [2.45, 2.75) is 25.2 Å². The van der Waals surface area contributed by atoms with Crippen molar-refractivity contribution in [1.82, 2.24) is 9.97 Å². The molecule has 0 atom stereocenters. The largest absolute Gasteiger partial charge is 0.313 e. The van der Waals surface area contributed by atoms with Crippen LogP contribution in [0, 0.1) is 0 Å². The molecule has 0 bridgehead atoms. The van der Waals surface area contributed by atoms with Gasteiger partial charge >= 0.3 is 0 Å². The molecule has 3 nitrogen and oxygen atoms in total. The van der Waals surface area contributed by atoms with Crippen LogP contribution in [0.1, 0.15) is 30.7 Å². The van der Waals surface area contributed by atoms with E-state index in [0.29, 0.717) is 0 Å². The molecule has 3 rings (SSSR count). The fraction of sp³-hybridized carbons (Fsp3) is 0.286. The van der Waals surface area contributed by atoms with Gasteiger partial charge in [-0.05, 0) is 24.3 Å². The van der Waals surface area contributed by atoms with Crippen LogP contribution in [-0.2, 0) is 0 Å². The first-order valence-electron chi connectivity index (χ1n) is 5.98. The molecule has 0 unspecified atom stereocenters. The van der Waals surface area contributed by atoms with Crippen molar-refractivity contribution in [2.24, 2.45) is 0 Å². The van der Waals surface area contributed by atoms with Crippen molar-refractivity contribution < 1.29 is 0 Å². The van der Waals surface area contributed by atoms with E-state index in [1.807, 2.05) is 0 Å². The quantitative estimate of drug-likeness (QED) is 0.855. The van der Waals surface area contributed by atoms with Gasteiger partial charge < -0.3 is 4.98 Å². The number of rotatable bonds is 2. The zero-order chi connectivity index (χ0) is 11.7. The van der Waals surface area contributed by atoms with Gasteiger partial charge in [-0.2, -0.15) is 0 Å². The monoisotopic (exact) mass is 226 g/mol. The van der Waals surface area contributed by atoms with E-state index in [1.54, 1.807) is 0 Å². The molecule has 1 aliphatic carbocycles. The minimum atomic E-state index is -0.113. The van der Waals surface area contributed by atoms with Gasteiger partial charge in [0.05, 0.1) is 12.0 Å². The third kappa shape index (κ3) is 2.00. The summed E-state index contributed by atoms with van der Waals surface area (Å²) in [6.07, 6.45) is 5.41. The third-order valence-corrected chi connectivity index (χ3v) is 3.46. The normalized spacial score (nSPS) is 15.5. The zero-order valence-electron chi connectivity index (χ0n) is 9.52. The second-order valence-electron chi connectivity index (χ2n) is 4.55. The van der Waals surface area contributed by atoms with Crippen molar-refractivity contribution in [1.29, 1.82) is 0 Å². The van der Waals surface area contributed by atoms with Crippen LogP contribution in [0.25, 0.3) is 11.3 Å². The molecule has 1 heterocycles. The summed E-state index contributed by atoms with van der Waals surface area (Å²) in [5.74, 6) is 0.746. The maximum absolute atomic E-state index is 11.2. The average molecular weight is 226 g/mol. The lowest BCUT2D eigenvalue weighted by atomic mass is 9.80. The Bertz CT molecular complexity index is 567. The number of nitrogens with zero attached hydrogens (tertiary/aromatic N) is 1. The molecule has 86 valence electrons. The highest BCUT2D eigenvalue weighted by Crippen LogP contribution is 2.36. The maximum Gasteiger partial charge on any atom is 0.251 e. The summed E-state index contributed by atoms with van der Waals surface area (Å²) in [5, 5.41) is 0. The first kappa shape index (κ1) is 10.3. The Kier molecular flexibility index (Phi) is 2.52. The smallest absolute Gasteiger partial charge is 0.251 e. The fourth-order valence-electron chi connectivity index (χ4n) is 2.19. The van der Waals surface area contributed by atoms with Crippen LogP contribution < -0.4 is 5.56 Å². The van der Waals surface area contributed by atoms with Gasteiger partial charge in [0, 0.05) is 11.6 Å². The van der Waals surface area contributed by atoms with Crippen molar-refractivity contribution in [2.75, 3.05) is 0 Å². The highest BCUT2D eigenvalue weighted by Gasteiger charge is 2.18. The van der Waals surface area contributed by atoms with Crippen LogP contribution in [0.2, 0.25) is 0 Å². The van der Waals surface area contributed by atoms with Crippen LogP contribution >= 0.6 is 0 Å². The molecule has 1 aromatic carbocycles. The lowest BCUT2D eigenvalue weighted by molar-refractivity contribution is 0.420. The highest BCUT2D eigenvalue weighted by atomic mass is 16.1. The Hall–Kier alpha value is -1.90. The molecule has 0 spiro atoms. The molecule has 1 aliphatic rings. The Morgan fingerprint density at radius 3 is 2.53 bits per heavy atom. The summed E-state index contributed by atoms with van der Waals surface area (Å²) in [6, 6.07) is 9.94. The maximum atomic E-state index is 11.2. The molecule has 0 saturated heterocycles. The van der Waals surface area contributed by atoms with E-state index in [9.17, 15) is 4.79 Å². The van der Waals surface area contributed by atoms with E-state index < -0.39 is 0 Å². The lowest BCUT2D eigenvalue weighted by Gasteiger charge is -2.25. The molecule has 3 heteroatoms. The first-order valence-corrected chi connectivity index (χ1v) is 5.98. The SMILES string of the molecule is O=c1cc(-c2ccc(C3CCC3)cc2)nc[nH]1. The van der Waals surface area contributed by atoms with Gasteiger partial charge in [0.25, 0.3) is 5.56 Å². The Balaban J connectivity index is 1.91. The minimum absolute atomic E-state index is 0.113. The van der Waals surface area contributed by atoms with E-state index in [-0.39, 0.29) is 5.56 Å². The fourth-order valence-corrected chi connectivity index (χ4v) is 2.19. The molecular formula is C14H14N2O. The van der Waals surface area contributed by atoms with Crippen molar-refractivity contribution in [3.8, 4) is 11.3 Å². The number of benzene rings is 1. The van der Waals surface area contributed by atoms with Gasteiger partial charge in [-0.3, -0.25) is 4.79 Å². The van der Waals surface area contributed by atoms with Gasteiger partial charge in [0.2, 0.25) is 0 Å². The molecule has 1 fully saturated rings. The molecule has 1 N–H and O–H groups in total. The standard InChI is InChI=1S/C14H14N2O/c17-14-8-13(15-9-16-14)12-6-4-11(5-7-12)10-2-1-3-10/h4-10H,1-3H2,(H,15,16,17). The number of hydrogen-bond acceptors (Lipinski definition) is 2. The van der Waals surface area contributed by atoms with Gasteiger partial charge in [0.15, 0.2) is 0 Å². The topological polar surface area (TPSA) is 45.8 Å². The van der Waals surface area contributed by atoms with Gasteiger partial charge in [-0.15, -0.1) is 0 Å². The van der Waals surface area contributed by atoms with Crippen LogP contribution in [0.3, 0.4) is 0 Å². The predicted octanol–water partition coefficient (Wildman–Crippen LogP) is 2.70. The molecule has 0 amide bonds. The Morgan fingerprint density at radius 1 is 1.18 bits per heavy atom. The highest BCUT2D eigenvalue weighted by molar-refractivity contribution is 5.58. The van der Waals surface area contributed by atoms with E-state index in [2.05, 4.69) is 34.2 Å². The zero-order valence-corrected chi connectivity index (χ0v) is 9.52. The third-order valence-electron chi connectivity index (χ3n) is 3.46. The number of H-pyrrole nitrogens is 1. The summed E-state index contributed by atoms with van der Waals surface area (Å²) in [6.45, 7) is 0. The summed E-state index contributed by atoms with van der Waals surface area (Å²) in [7, 11) is 0. The molecular weight excluding hydrogens is 212 g/mol. The van der Waals surface area contributed by atoms with Gasteiger partial charge in [0.1, 0.15) is 0 Å². The second-order valence-corrected chi connectivity index (χ2v) is 4.55. The van der Waals surface area contributed by atoms with E-state index >= 15 is 0 Å². The molecule has 1 saturated carbocycles. The molecule has 1 aromatic heterocycles. The number of aromatic amines is 1. The first-order chi connectivity index (χ1) is 8.33. The summed E-state index contributed by atoms with van der Waals surface area (Å²) in [5.41, 5.74) is 3.02. The number of aromatic nitrogens is 2. The van der Waals surface area contributed by atoms with E-state index in [4.69, 9.17) is 0 Å². The summed E-state index contributed by atoms with van der Waals surface area (Å²) in [4.78, 5) is 17.9. The number of nitrogens with one attached hydrogen (secondary N) is 1. The molecule has 0 aliphatic heterocycles. The van der Waals surface area contributed by atoms with E-state index in [0.717, 1.165) is 17.2 Å². The summed E-state index contributed by atoms with van der Waals surface area (Å²) < 4.78 is 0. The minimum Gasteiger partial charge on any atom is -0.313 e. The van der Waals surface area contributed by atoms with Crippen LogP contribution in [0.4, 0.5) is 0 Å². The summed E-state index contributed by atoms with van der Waals surface area (Å²) >= 11 is 0.